The number of Topliss-reactive ketones (excluding diaryl/α,β-unsaturated/α-hetero) is 2. The Kier molecular flexibility index (Phi) is 10.9. The molecule has 1 fully saturated rings. The topological polar surface area (TPSA) is 153 Å². The Morgan fingerprint density at radius 3 is 2.43 bits per heavy atom. The van der Waals surface area contributed by atoms with Crippen LogP contribution in [0.2, 0.25) is 0 Å². The van der Waals surface area contributed by atoms with Crippen LogP contribution in [-0.2, 0) is 28.1 Å². The summed E-state index contributed by atoms with van der Waals surface area (Å²) in [5.41, 5.74) is -1.34. The summed E-state index contributed by atoms with van der Waals surface area (Å²) < 4.78 is 27.0. The first kappa shape index (κ1) is 29.0. The number of ketones is 2. The van der Waals surface area contributed by atoms with Crippen LogP contribution in [0.15, 0.2) is 21.9 Å². The van der Waals surface area contributed by atoms with Crippen LogP contribution in [0, 0.1) is 11.3 Å². The minimum absolute atomic E-state index is 0.00417. The average Bonchev–Trinajstić information content (AvgIpc) is 3.10. The average molecular weight is 513 g/mol. The minimum atomic E-state index is -1.79. The summed E-state index contributed by atoms with van der Waals surface area (Å²) in [5, 5.41) is 8.95. The molecule has 5 atom stereocenters. The van der Waals surface area contributed by atoms with Gasteiger partial charge in [0, 0.05) is 31.5 Å². The molecule has 194 valence electrons. The number of H-pyrrole nitrogens is 1. The van der Waals surface area contributed by atoms with Crippen molar-refractivity contribution in [3.05, 3.63) is 33.1 Å². The van der Waals surface area contributed by atoms with Crippen LogP contribution in [0.25, 0.3) is 0 Å². The minimum Gasteiger partial charge on any atom is -0.374 e. The van der Waals surface area contributed by atoms with Gasteiger partial charge in [-0.15, -0.1) is 0 Å². The van der Waals surface area contributed by atoms with Crippen LogP contribution in [0.1, 0.15) is 53.7 Å². The first-order valence-corrected chi connectivity index (χ1v) is 12.4. The van der Waals surface area contributed by atoms with Gasteiger partial charge in [0.15, 0.2) is 12.0 Å². The standard InChI is InChI=1S/C22H33N4O8P/c1-13(2)26(14(3)4)35(32-11-7-9-23)34-19-18(16(28)12-15(5)27)33-21(20(19)31-6)25-10-8-17(29)24-22(25)30/h8,10,13-14,18-21H,7,11-12H2,1-6H3,(H,24,29,30)/t18-,19+,20?,21-,35?/m1/s1. The molecule has 1 N–H and O–H groups in total. The molecular weight excluding hydrogens is 479 g/mol. The molecule has 1 aliphatic heterocycles. The summed E-state index contributed by atoms with van der Waals surface area (Å²) in [5.74, 6) is -0.883. The summed E-state index contributed by atoms with van der Waals surface area (Å²) in [7, 11) is -0.408. The molecule has 2 heterocycles. The van der Waals surface area contributed by atoms with Gasteiger partial charge in [0.05, 0.1) is 25.5 Å². The Hall–Kier alpha value is -2.26. The number of carbonyl (C=O) groups excluding carboxylic acids is 2. The maximum atomic E-state index is 13.0. The van der Waals surface area contributed by atoms with Gasteiger partial charge in [0.1, 0.15) is 24.1 Å². The Balaban J connectivity index is 2.50. The van der Waals surface area contributed by atoms with E-state index in [9.17, 15) is 19.2 Å². The highest BCUT2D eigenvalue weighted by Crippen LogP contribution is 2.50. The van der Waals surface area contributed by atoms with Crippen LogP contribution in [-0.4, -0.2) is 69.9 Å². The van der Waals surface area contributed by atoms with Gasteiger partial charge in [-0.25, -0.2) is 9.46 Å². The Morgan fingerprint density at radius 2 is 1.91 bits per heavy atom. The van der Waals surface area contributed by atoms with Gasteiger partial charge in [0.2, 0.25) is 0 Å². The number of methoxy groups -OCH3 is 1. The van der Waals surface area contributed by atoms with Crippen molar-refractivity contribution in [2.45, 2.75) is 84.1 Å². The number of nitrogens with zero attached hydrogens (tertiary/aromatic N) is 3. The quantitative estimate of drug-likeness (QED) is 0.234. The van der Waals surface area contributed by atoms with Crippen molar-refractivity contribution in [2.75, 3.05) is 13.7 Å². The number of aromatic nitrogens is 2. The molecule has 13 heteroatoms. The van der Waals surface area contributed by atoms with Crippen molar-refractivity contribution in [2.24, 2.45) is 0 Å². The van der Waals surface area contributed by atoms with Gasteiger partial charge in [0.25, 0.3) is 14.1 Å². The van der Waals surface area contributed by atoms with E-state index >= 15 is 0 Å². The Labute approximate surface area is 205 Å². The Morgan fingerprint density at radius 1 is 1.26 bits per heavy atom. The Bertz CT molecular complexity index is 1030. The van der Waals surface area contributed by atoms with Crippen molar-refractivity contribution < 1.29 is 28.1 Å². The van der Waals surface area contributed by atoms with Gasteiger partial charge in [-0.1, -0.05) is 0 Å². The fourth-order valence-corrected chi connectivity index (χ4v) is 5.60. The van der Waals surface area contributed by atoms with Crippen molar-refractivity contribution in [3.63, 3.8) is 0 Å². The van der Waals surface area contributed by atoms with E-state index in [1.165, 1.54) is 20.2 Å². The predicted octanol–water partition coefficient (Wildman–Crippen LogP) is 1.66. The van der Waals surface area contributed by atoms with E-state index in [0.717, 1.165) is 10.6 Å². The number of carbonyl (C=O) groups is 2. The van der Waals surface area contributed by atoms with Gasteiger partial charge >= 0.3 is 5.69 Å². The third kappa shape index (κ3) is 7.36. The number of hydrogen-bond acceptors (Lipinski definition) is 10. The molecule has 2 rings (SSSR count). The van der Waals surface area contributed by atoms with Crippen LogP contribution >= 0.6 is 8.53 Å². The van der Waals surface area contributed by atoms with E-state index in [2.05, 4.69) is 4.98 Å². The molecule has 12 nitrogen and oxygen atoms in total. The molecule has 1 aromatic heterocycles. The number of ether oxygens (including phenoxy) is 2. The number of hydrogen-bond donors (Lipinski definition) is 1. The van der Waals surface area contributed by atoms with Crippen molar-refractivity contribution in [1.82, 2.24) is 14.2 Å². The monoisotopic (exact) mass is 512 g/mol. The lowest BCUT2D eigenvalue weighted by Gasteiger charge is -2.38. The van der Waals surface area contributed by atoms with Crippen LogP contribution in [0.3, 0.4) is 0 Å². The highest BCUT2D eigenvalue weighted by atomic mass is 31.2. The number of nitriles is 1. The molecule has 0 bridgehead atoms. The zero-order valence-electron chi connectivity index (χ0n) is 20.8. The highest BCUT2D eigenvalue weighted by molar-refractivity contribution is 7.44. The molecule has 1 saturated heterocycles. The number of nitrogens with one attached hydrogen (secondary N) is 1. The lowest BCUT2D eigenvalue weighted by atomic mass is 10.0. The van der Waals surface area contributed by atoms with Gasteiger partial charge < -0.3 is 18.5 Å². The normalized spacial score (nSPS) is 23.1. The first-order valence-electron chi connectivity index (χ1n) is 11.3. The highest BCUT2D eigenvalue weighted by Gasteiger charge is 2.52. The third-order valence-corrected chi connectivity index (χ3v) is 7.33. The first-order chi connectivity index (χ1) is 16.5. The largest absolute Gasteiger partial charge is 0.374 e. The third-order valence-electron chi connectivity index (χ3n) is 5.20. The predicted molar refractivity (Wildman–Crippen MR) is 126 cm³/mol. The van der Waals surface area contributed by atoms with Crippen LogP contribution < -0.4 is 11.2 Å². The van der Waals surface area contributed by atoms with Crippen molar-refractivity contribution in [1.29, 1.82) is 5.26 Å². The summed E-state index contributed by atoms with van der Waals surface area (Å²) >= 11 is 0. The molecule has 1 aromatic rings. The maximum absolute atomic E-state index is 13.0. The van der Waals surface area contributed by atoms with Crippen molar-refractivity contribution in [3.8, 4) is 6.07 Å². The van der Waals surface area contributed by atoms with E-state index in [-0.39, 0.29) is 37.3 Å². The molecule has 0 amide bonds. The zero-order chi connectivity index (χ0) is 26.3. The number of rotatable bonds is 13. The SMILES string of the molecule is COC1[C@@H](OP(OCCC#N)N(C(C)C)C(C)C)[C@@H](C(=O)CC(C)=O)O[C@H]1n1ccc(=O)[nH]c1=O. The molecule has 0 saturated carbocycles. The summed E-state index contributed by atoms with van der Waals surface area (Å²) in [6.45, 7) is 9.26. The second-order valence-electron chi connectivity index (χ2n) is 8.63. The van der Waals surface area contributed by atoms with Gasteiger partial charge in [-0.05, 0) is 34.6 Å². The van der Waals surface area contributed by atoms with E-state index in [0.29, 0.717) is 0 Å². The van der Waals surface area contributed by atoms with E-state index < -0.39 is 50.1 Å². The van der Waals surface area contributed by atoms with Gasteiger partial charge in [-0.2, -0.15) is 5.26 Å². The van der Waals surface area contributed by atoms with Crippen LogP contribution in [0.5, 0.6) is 0 Å². The molecule has 35 heavy (non-hydrogen) atoms. The summed E-state index contributed by atoms with van der Waals surface area (Å²) in [4.78, 5) is 50.9. The fourth-order valence-electron chi connectivity index (χ4n) is 3.86. The molecule has 2 unspecified atom stereocenters. The van der Waals surface area contributed by atoms with Gasteiger partial charge in [-0.3, -0.25) is 23.9 Å². The van der Waals surface area contributed by atoms with E-state index in [1.54, 1.807) is 0 Å². The molecule has 0 aliphatic carbocycles. The van der Waals surface area contributed by atoms with Crippen LogP contribution in [0.4, 0.5) is 0 Å². The molecule has 1 aliphatic rings. The lowest BCUT2D eigenvalue weighted by molar-refractivity contribution is -0.138. The molecular formula is C22H33N4O8P. The number of aromatic amines is 1. The molecule has 0 aromatic carbocycles. The molecule has 0 radical (unpaired) electrons. The fraction of sp³-hybridized carbons (Fsp3) is 0.682. The summed E-state index contributed by atoms with van der Waals surface area (Å²) in [6, 6.07) is 3.16. The second kappa shape index (κ2) is 13.2. The smallest absolute Gasteiger partial charge is 0.330 e. The second-order valence-corrected chi connectivity index (χ2v) is 10.0. The van der Waals surface area contributed by atoms with E-state index in [4.69, 9.17) is 23.8 Å². The zero-order valence-corrected chi connectivity index (χ0v) is 21.7. The summed E-state index contributed by atoms with van der Waals surface area (Å²) in [6.07, 6.45) is -3.35. The maximum Gasteiger partial charge on any atom is 0.330 e. The van der Waals surface area contributed by atoms with Crippen molar-refractivity contribution >= 4 is 20.1 Å². The lowest BCUT2D eigenvalue weighted by Crippen LogP contribution is -2.43. The van der Waals surface area contributed by atoms with E-state index in [1.807, 2.05) is 38.4 Å². The molecule has 0 spiro atoms.